The van der Waals surface area contributed by atoms with Gasteiger partial charge in [0.25, 0.3) is 0 Å². The second kappa shape index (κ2) is 12.7. The number of nitrogens with one attached hydrogen (secondary N) is 1. The van der Waals surface area contributed by atoms with E-state index < -0.39 is 0 Å². The maximum atomic E-state index is 13.1. The summed E-state index contributed by atoms with van der Waals surface area (Å²) < 4.78 is 12.4. The van der Waals surface area contributed by atoms with Crippen LogP contribution in [0.2, 0.25) is 0 Å². The van der Waals surface area contributed by atoms with Crippen molar-refractivity contribution in [2.75, 3.05) is 26.3 Å². The minimum atomic E-state index is -0.337. The smallest absolute Gasteiger partial charge is 0.234 e. The van der Waals surface area contributed by atoms with Crippen molar-refractivity contribution in [2.24, 2.45) is 5.41 Å². The van der Waals surface area contributed by atoms with Crippen molar-refractivity contribution in [3.8, 4) is 17.4 Å². The van der Waals surface area contributed by atoms with Crippen molar-refractivity contribution in [1.29, 1.82) is 0 Å². The molecule has 0 fully saturated rings. The van der Waals surface area contributed by atoms with Gasteiger partial charge in [0.1, 0.15) is 0 Å². The number of benzene rings is 2. The number of pyridine rings is 1. The SMILES string of the molecule is CC1(C)CCCN(CC(=O)N[C@H](CO)Cc2ccccc2)Cc2cccnc2Oc2ccccc2OC1. The number of hydrogen-bond acceptors (Lipinski definition) is 6. The Kier molecular flexibility index (Phi) is 9.14. The van der Waals surface area contributed by atoms with Gasteiger partial charge in [0, 0.05) is 18.3 Å². The van der Waals surface area contributed by atoms with E-state index in [9.17, 15) is 9.90 Å². The number of aromatic nitrogens is 1. The number of rotatable bonds is 6. The molecular formula is C30H37N3O4. The van der Waals surface area contributed by atoms with E-state index in [1.807, 2.05) is 66.7 Å². The summed E-state index contributed by atoms with van der Waals surface area (Å²) in [5.74, 6) is 1.70. The Labute approximate surface area is 219 Å². The molecule has 2 aromatic carbocycles. The zero-order valence-corrected chi connectivity index (χ0v) is 21.7. The van der Waals surface area contributed by atoms with Crippen LogP contribution in [0.4, 0.5) is 0 Å². The fraction of sp³-hybridized carbons (Fsp3) is 0.400. The molecule has 1 aromatic heterocycles. The molecule has 0 aliphatic carbocycles. The van der Waals surface area contributed by atoms with Crippen LogP contribution in [-0.4, -0.2) is 53.2 Å². The number of carbonyl (C=O) groups excluding carboxylic acids is 1. The van der Waals surface area contributed by atoms with Crippen LogP contribution in [0.25, 0.3) is 0 Å². The van der Waals surface area contributed by atoms with Crippen molar-refractivity contribution in [2.45, 2.75) is 45.7 Å². The molecule has 0 spiro atoms. The van der Waals surface area contributed by atoms with Gasteiger partial charge < -0.3 is 19.9 Å². The van der Waals surface area contributed by atoms with Crippen LogP contribution in [0, 0.1) is 5.41 Å². The summed E-state index contributed by atoms with van der Waals surface area (Å²) >= 11 is 0. The van der Waals surface area contributed by atoms with E-state index in [-0.39, 0.29) is 30.5 Å². The molecule has 1 aliphatic heterocycles. The van der Waals surface area contributed by atoms with E-state index in [0.717, 1.165) is 30.5 Å². The van der Waals surface area contributed by atoms with Gasteiger partial charge in [-0.3, -0.25) is 9.69 Å². The van der Waals surface area contributed by atoms with Gasteiger partial charge in [-0.15, -0.1) is 0 Å². The van der Waals surface area contributed by atoms with E-state index in [1.54, 1.807) is 6.20 Å². The lowest BCUT2D eigenvalue weighted by molar-refractivity contribution is -0.123. The normalized spacial score (nSPS) is 16.8. The predicted molar refractivity (Wildman–Crippen MR) is 144 cm³/mol. The van der Waals surface area contributed by atoms with Crippen LogP contribution < -0.4 is 14.8 Å². The molecule has 1 atom stereocenters. The van der Waals surface area contributed by atoms with Crippen LogP contribution in [0.3, 0.4) is 0 Å². The maximum absolute atomic E-state index is 13.1. The Morgan fingerprint density at radius 2 is 1.84 bits per heavy atom. The molecule has 2 N–H and O–H groups in total. The summed E-state index contributed by atoms with van der Waals surface area (Å²) in [6.45, 7) is 6.30. The van der Waals surface area contributed by atoms with Gasteiger partial charge in [0.2, 0.25) is 11.8 Å². The quantitative estimate of drug-likeness (QED) is 0.512. The topological polar surface area (TPSA) is 83.9 Å². The highest BCUT2D eigenvalue weighted by atomic mass is 16.5. The van der Waals surface area contributed by atoms with Gasteiger partial charge in [-0.25, -0.2) is 4.98 Å². The van der Waals surface area contributed by atoms with Gasteiger partial charge in [0.05, 0.1) is 25.8 Å². The molecule has 0 radical (unpaired) electrons. The Bertz CT molecular complexity index is 1150. The number of carbonyl (C=O) groups is 1. The third-order valence-electron chi connectivity index (χ3n) is 6.52. The summed E-state index contributed by atoms with van der Waals surface area (Å²) in [6.07, 6.45) is 4.14. The highest BCUT2D eigenvalue weighted by Crippen LogP contribution is 2.34. The van der Waals surface area contributed by atoms with Gasteiger partial charge >= 0.3 is 0 Å². The van der Waals surface area contributed by atoms with Gasteiger partial charge in [-0.05, 0) is 55.0 Å². The average Bonchev–Trinajstić information content (AvgIpc) is 2.89. The van der Waals surface area contributed by atoms with E-state index in [1.165, 1.54) is 0 Å². The van der Waals surface area contributed by atoms with Crippen molar-refractivity contribution in [3.05, 3.63) is 84.1 Å². The summed E-state index contributed by atoms with van der Waals surface area (Å²) in [7, 11) is 0. The summed E-state index contributed by atoms with van der Waals surface area (Å²) in [4.78, 5) is 19.7. The number of para-hydroxylation sites is 2. The third kappa shape index (κ3) is 8.03. The molecule has 1 amide bonds. The first kappa shape index (κ1) is 26.6. The van der Waals surface area contributed by atoms with Gasteiger partial charge in [-0.1, -0.05) is 62.4 Å². The number of hydrogen-bond donors (Lipinski definition) is 2. The number of amides is 1. The largest absolute Gasteiger partial charge is 0.489 e. The van der Waals surface area contributed by atoms with Gasteiger partial charge in [-0.2, -0.15) is 0 Å². The standard InChI is InChI=1S/C30H37N3O4/c1-30(2)15-9-17-33(20-28(35)32-25(21-34)18-23-10-4-3-5-11-23)19-24-12-8-16-31-29(24)37-27-14-7-6-13-26(27)36-22-30/h3-8,10-14,16,25,34H,9,15,17-22H2,1-2H3,(H,32,35)/t25-/m0/s1. The molecule has 37 heavy (non-hydrogen) atoms. The maximum Gasteiger partial charge on any atom is 0.234 e. The Balaban J connectivity index is 1.51. The lowest BCUT2D eigenvalue weighted by Crippen LogP contribution is -2.44. The molecule has 4 rings (SSSR count). The minimum Gasteiger partial charge on any atom is -0.489 e. The summed E-state index contributed by atoms with van der Waals surface area (Å²) in [5.41, 5.74) is 1.93. The molecule has 196 valence electrons. The second-order valence-electron chi connectivity index (χ2n) is 10.4. The van der Waals surface area contributed by atoms with Crippen molar-refractivity contribution < 1.29 is 19.4 Å². The number of aliphatic hydroxyl groups excluding tert-OH is 1. The molecule has 0 unspecified atom stereocenters. The lowest BCUT2D eigenvalue weighted by Gasteiger charge is -2.27. The highest BCUT2D eigenvalue weighted by molar-refractivity contribution is 5.78. The van der Waals surface area contributed by atoms with E-state index in [4.69, 9.17) is 9.47 Å². The average molecular weight is 504 g/mol. The zero-order valence-electron chi connectivity index (χ0n) is 21.7. The van der Waals surface area contributed by atoms with E-state index >= 15 is 0 Å². The van der Waals surface area contributed by atoms with Gasteiger partial charge in [0.15, 0.2) is 11.5 Å². The number of nitrogens with zero attached hydrogens (tertiary/aromatic N) is 2. The van der Waals surface area contributed by atoms with Crippen molar-refractivity contribution in [1.82, 2.24) is 15.2 Å². The number of aliphatic hydroxyl groups is 1. The molecule has 7 heteroatoms. The number of ether oxygens (including phenoxy) is 2. The molecule has 7 nitrogen and oxygen atoms in total. The zero-order chi connectivity index (χ0) is 26.1. The highest BCUT2D eigenvalue weighted by Gasteiger charge is 2.23. The number of fused-ring (bicyclic) bond motifs is 2. The lowest BCUT2D eigenvalue weighted by atomic mass is 9.88. The predicted octanol–water partition coefficient (Wildman–Crippen LogP) is 4.59. The van der Waals surface area contributed by atoms with E-state index in [2.05, 4.69) is 29.0 Å². The van der Waals surface area contributed by atoms with Crippen LogP contribution in [0.5, 0.6) is 17.4 Å². The monoisotopic (exact) mass is 503 g/mol. The van der Waals surface area contributed by atoms with Crippen LogP contribution in [0.15, 0.2) is 72.9 Å². The first-order valence-corrected chi connectivity index (χ1v) is 12.9. The molecule has 2 heterocycles. The van der Waals surface area contributed by atoms with Crippen molar-refractivity contribution in [3.63, 3.8) is 0 Å². The minimum absolute atomic E-state index is 0.0438. The van der Waals surface area contributed by atoms with Crippen LogP contribution in [-0.2, 0) is 17.8 Å². The first-order chi connectivity index (χ1) is 17.9. The fourth-order valence-corrected chi connectivity index (χ4v) is 4.51. The molecule has 1 aliphatic rings. The molecule has 0 saturated carbocycles. The van der Waals surface area contributed by atoms with Crippen molar-refractivity contribution >= 4 is 5.91 Å². The van der Waals surface area contributed by atoms with Crippen LogP contribution >= 0.6 is 0 Å². The Hall–Kier alpha value is -3.42. The third-order valence-corrected chi connectivity index (χ3v) is 6.52. The Morgan fingerprint density at radius 1 is 1.08 bits per heavy atom. The molecule has 0 saturated heterocycles. The molecule has 3 aromatic rings. The Morgan fingerprint density at radius 3 is 2.62 bits per heavy atom. The van der Waals surface area contributed by atoms with Crippen LogP contribution in [0.1, 0.15) is 37.8 Å². The fourth-order valence-electron chi connectivity index (χ4n) is 4.51. The second-order valence-corrected chi connectivity index (χ2v) is 10.4. The molecular weight excluding hydrogens is 466 g/mol. The summed E-state index contributed by atoms with van der Waals surface area (Å²) in [6, 6.07) is 21.0. The molecule has 0 bridgehead atoms. The summed E-state index contributed by atoms with van der Waals surface area (Å²) in [5, 5.41) is 12.9. The van der Waals surface area contributed by atoms with E-state index in [0.29, 0.717) is 37.0 Å². The first-order valence-electron chi connectivity index (χ1n) is 12.9.